The molecule has 1 amide bonds. The van der Waals surface area contributed by atoms with Gasteiger partial charge in [0.1, 0.15) is 0 Å². The Morgan fingerprint density at radius 1 is 1.37 bits per heavy atom. The molecule has 0 bridgehead atoms. The summed E-state index contributed by atoms with van der Waals surface area (Å²) < 4.78 is 5.01. The van der Waals surface area contributed by atoms with E-state index in [-0.39, 0.29) is 5.91 Å². The molecule has 106 valence electrons. The SMILES string of the molecule is CCN(CCOC)CC(=O)Nc1ccc(CN)cc1. The fraction of sp³-hybridized carbons (Fsp3) is 0.500. The number of carbonyl (C=O) groups is 1. The van der Waals surface area contributed by atoms with Gasteiger partial charge in [-0.3, -0.25) is 9.69 Å². The molecule has 19 heavy (non-hydrogen) atoms. The van der Waals surface area contributed by atoms with Gasteiger partial charge in [0.2, 0.25) is 5.91 Å². The third kappa shape index (κ3) is 5.83. The number of likely N-dealkylation sites (N-methyl/N-ethyl adjacent to an activating group) is 1. The van der Waals surface area contributed by atoms with Gasteiger partial charge in [-0.25, -0.2) is 0 Å². The molecule has 1 aromatic carbocycles. The number of nitrogens with two attached hydrogens (primary N) is 1. The van der Waals surface area contributed by atoms with Crippen molar-refractivity contribution >= 4 is 11.6 Å². The maximum absolute atomic E-state index is 11.9. The molecule has 0 aromatic heterocycles. The highest BCUT2D eigenvalue weighted by Gasteiger charge is 2.08. The first-order valence-electron chi connectivity index (χ1n) is 6.49. The first-order valence-corrected chi connectivity index (χ1v) is 6.49. The van der Waals surface area contributed by atoms with E-state index < -0.39 is 0 Å². The third-order valence-electron chi connectivity index (χ3n) is 2.90. The summed E-state index contributed by atoms with van der Waals surface area (Å²) >= 11 is 0. The molecule has 0 saturated carbocycles. The molecular weight excluding hydrogens is 242 g/mol. The van der Waals surface area contributed by atoms with Crippen LogP contribution in [0.4, 0.5) is 5.69 Å². The van der Waals surface area contributed by atoms with Crippen LogP contribution >= 0.6 is 0 Å². The summed E-state index contributed by atoms with van der Waals surface area (Å²) in [5.74, 6) is -0.0153. The second kappa shape index (κ2) is 8.63. The fourth-order valence-electron chi connectivity index (χ4n) is 1.70. The predicted octanol–water partition coefficient (Wildman–Crippen LogP) is 1.05. The maximum Gasteiger partial charge on any atom is 0.238 e. The fourth-order valence-corrected chi connectivity index (χ4v) is 1.70. The van der Waals surface area contributed by atoms with Crippen molar-refractivity contribution in [3.63, 3.8) is 0 Å². The lowest BCUT2D eigenvalue weighted by Crippen LogP contribution is -2.35. The number of anilines is 1. The van der Waals surface area contributed by atoms with Gasteiger partial charge in [0, 0.05) is 25.9 Å². The van der Waals surface area contributed by atoms with E-state index in [9.17, 15) is 4.79 Å². The van der Waals surface area contributed by atoms with Crippen molar-refractivity contribution in [3.05, 3.63) is 29.8 Å². The molecule has 5 nitrogen and oxygen atoms in total. The van der Waals surface area contributed by atoms with E-state index in [2.05, 4.69) is 5.32 Å². The van der Waals surface area contributed by atoms with E-state index >= 15 is 0 Å². The largest absolute Gasteiger partial charge is 0.383 e. The van der Waals surface area contributed by atoms with Gasteiger partial charge in [-0.2, -0.15) is 0 Å². The van der Waals surface area contributed by atoms with E-state index in [1.165, 1.54) is 0 Å². The summed E-state index contributed by atoms with van der Waals surface area (Å²) in [4.78, 5) is 13.9. The minimum Gasteiger partial charge on any atom is -0.383 e. The van der Waals surface area contributed by atoms with Gasteiger partial charge in [-0.1, -0.05) is 19.1 Å². The van der Waals surface area contributed by atoms with Crippen LogP contribution in [-0.2, 0) is 16.1 Å². The molecule has 3 N–H and O–H groups in total. The van der Waals surface area contributed by atoms with Gasteiger partial charge in [-0.15, -0.1) is 0 Å². The van der Waals surface area contributed by atoms with Crippen molar-refractivity contribution in [2.24, 2.45) is 5.73 Å². The molecule has 5 heteroatoms. The van der Waals surface area contributed by atoms with E-state index in [1.54, 1.807) is 7.11 Å². The number of benzene rings is 1. The number of ether oxygens (including phenoxy) is 1. The first kappa shape index (κ1) is 15.6. The lowest BCUT2D eigenvalue weighted by molar-refractivity contribution is -0.117. The molecule has 1 rings (SSSR count). The number of hydrogen-bond donors (Lipinski definition) is 2. The Morgan fingerprint density at radius 3 is 2.58 bits per heavy atom. The Balaban J connectivity index is 2.44. The molecule has 0 unspecified atom stereocenters. The molecule has 0 heterocycles. The Labute approximate surface area is 114 Å². The lowest BCUT2D eigenvalue weighted by atomic mass is 10.2. The number of rotatable bonds is 8. The van der Waals surface area contributed by atoms with Crippen LogP contribution in [0.15, 0.2) is 24.3 Å². The van der Waals surface area contributed by atoms with Gasteiger partial charge in [0.05, 0.1) is 13.2 Å². The van der Waals surface area contributed by atoms with Crippen molar-refractivity contribution in [2.45, 2.75) is 13.5 Å². The Morgan fingerprint density at radius 2 is 2.05 bits per heavy atom. The zero-order valence-corrected chi connectivity index (χ0v) is 11.7. The van der Waals surface area contributed by atoms with Crippen molar-refractivity contribution in [2.75, 3.05) is 38.7 Å². The van der Waals surface area contributed by atoms with E-state index in [0.717, 1.165) is 24.3 Å². The van der Waals surface area contributed by atoms with Crippen molar-refractivity contribution in [3.8, 4) is 0 Å². The summed E-state index contributed by atoms with van der Waals surface area (Å²) in [5.41, 5.74) is 7.37. The number of nitrogens with zero attached hydrogens (tertiary/aromatic N) is 1. The zero-order chi connectivity index (χ0) is 14.1. The summed E-state index contributed by atoms with van der Waals surface area (Å²) in [7, 11) is 1.66. The van der Waals surface area contributed by atoms with Crippen LogP contribution < -0.4 is 11.1 Å². The van der Waals surface area contributed by atoms with Crippen LogP contribution in [0, 0.1) is 0 Å². The van der Waals surface area contributed by atoms with Crippen LogP contribution in [0.25, 0.3) is 0 Å². The number of amides is 1. The van der Waals surface area contributed by atoms with Gasteiger partial charge >= 0.3 is 0 Å². The molecular formula is C14H23N3O2. The topological polar surface area (TPSA) is 67.6 Å². The average molecular weight is 265 g/mol. The van der Waals surface area contributed by atoms with E-state index in [4.69, 9.17) is 10.5 Å². The van der Waals surface area contributed by atoms with E-state index in [0.29, 0.717) is 19.7 Å². The third-order valence-corrected chi connectivity index (χ3v) is 2.90. The van der Waals surface area contributed by atoms with Crippen LogP contribution in [0.2, 0.25) is 0 Å². The lowest BCUT2D eigenvalue weighted by Gasteiger charge is -2.19. The number of methoxy groups -OCH3 is 1. The van der Waals surface area contributed by atoms with Crippen LogP contribution in [0.3, 0.4) is 0 Å². The molecule has 0 saturated heterocycles. The van der Waals surface area contributed by atoms with Crippen molar-refractivity contribution < 1.29 is 9.53 Å². The molecule has 0 fully saturated rings. The molecule has 0 radical (unpaired) electrons. The summed E-state index contributed by atoms with van der Waals surface area (Å²) in [6.45, 7) is 5.12. The molecule has 0 aliphatic carbocycles. The number of carbonyl (C=O) groups excluding carboxylic acids is 1. The second-order valence-corrected chi connectivity index (χ2v) is 4.31. The zero-order valence-electron chi connectivity index (χ0n) is 11.7. The minimum atomic E-state index is -0.0153. The van der Waals surface area contributed by atoms with Crippen molar-refractivity contribution in [1.82, 2.24) is 4.90 Å². The minimum absolute atomic E-state index is 0.0153. The van der Waals surface area contributed by atoms with Gasteiger partial charge < -0.3 is 15.8 Å². The standard InChI is InChI=1S/C14H23N3O2/c1-3-17(8-9-19-2)11-14(18)16-13-6-4-12(10-15)5-7-13/h4-7H,3,8-11,15H2,1-2H3,(H,16,18). The average Bonchev–Trinajstić information content (AvgIpc) is 2.44. The first-order chi connectivity index (χ1) is 9.19. The van der Waals surface area contributed by atoms with Gasteiger partial charge in [-0.05, 0) is 24.2 Å². The Hall–Kier alpha value is -1.43. The smallest absolute Gasteiger partial charge is 0.238 e. The highest BCUT2D eigenvalue weighted by molar-refractivity contribution is 5.92. The summed E-state index contributed by atoms with van der Waals surface area (Å²) in [6.07, 6.45) is 0. The quantitative estimate of drug-likeness (QED) is 0.737. The molecule has 0 spiro atoms. The molecule has 0 aliphatic rings. The second-order valence-electron chi connectivity index (χ2n) is 4.31. The van der Waals surface area contributed by atoms with Crippen LogP contribution in [0.5, 0.6) is 0 Å². The summed E-state index contributed by atoms with van der Waals surface area (Å²) in [5, 5.41) is 2.87. The molecule has 0 atom stereocenters. The summed E-state index contributed by atoms with van der Waals surface area (Å²) in [6, 6.07) is 7.56. The van der Waals surface area contributed by atoms with Crippen LogP contribution in [-0.4, -0.2) is 44.2 Å². The van der Waals surface area contributed by atoms with E-state index in [1.807, 2.05) is 36.1 Å². The van der Waals surface area contributed by atoms with Gasteiger partial charge in [0.25, 0.3) is 0 Å². The highest BCUT2D eigenvalue weighted by atomic mass is 16.5. The van der Waals surface area contributed by atoms with Crippen molar-refractivity contribution in [1.29, 1.82) is 0 Å². The number of nitrogens with one attached hydrogen (secondary N) is 1. The number of hydrogen-bond acceptors (Lipinski definition) is 4. The monoisotopic (exact) mass is 265 g/mol. The van der Waals surface area contributed by atoms with Crippen LogP contribution in [0.1, 0.15) is 12.5 Å². The van der Waals surface area contributed by atoms with Gasteiger partial charge in [0.15, 0.2) is 0 Å². The highest BCUT2D eigenvalue weighted by Crippen LogP contribution is 2.09. The normalized spacial score (nSPS) is 10.7. The maximum atomic E-state index is 11.9. The Bertz CT molecular complexity index is 379. The molecule has 1 aromatic rings. The molecule has 0 aliphatic heterocycles. The Kier molecular flexibility index (Phi) is 7.10. The predicted molar refractivity (Wildman–Crippen MR) is 77.0 cm³/mol.